The van der Waals surface area contributed by atoms with Crippen molar-refractivity contribution in [1.29, 1.82) is 0 Å². The smallest absolute Gasteiger partial charge is 0.194 e. The van der Waals surface area contributed by atoms with Crippen LogP contribution >= 0.6 is 0 Å². The van der Waals surface area contributed by atoms with Crippen LogP contribution in [0.5, 0.6) is 17.2 Å². The van der Waals surface area contributed by atoms with Gasteiger partial charge in [-0.2, -0.15) is 0 Å². The molecule has 4 aromatic rings. The number of aromatic hydroxyl groups is 2. The maximum atomic E-state index is 13.8. The Morgan fingerprint density at radius 3 is 2.37 bits per heavy atom. The van der Waals surface area contributed by atoms with Crippen LogP contribution in [-0.4, -0.2) is 47.1 Å². The van der Waals surface area contributed by atoms with Crippen LogP contribution < -0.4 is 4.74 Å². The maximum absolute atomic E-state index is 13.8. The van der Waals surface area contributed by atoms with Crippen molar-refractivity contribution in [2.24, 2.45) is 0 Å². The number of carbonyl (C=O) groups excluding carboxylic acids is 1. The number of ether oxygens (including phenoxy) is 1. The molecular formula is C30H29NO4. The minimum absolute atomic E-state index is 0.125. The predicted octanol–water partition coefficient (Wildman–Crippen LogP) is 6.01. The molecule has 178 valence electrons. The minimum Gasteiger partial charge on any atom is -0.508 e. The standard InChI is InChI=1S/C30H29NO4/c32-24-6-4-5-22(19-24)27-13-9-23-20-25(33)10-14-28(23)29(27)30(34)21-7-11-26(12-8-21)35-18-17-31-15-2-1-3-16-31/h4-14,19-20,32-33H,1-3,15-18H2. The summed E-state index contributed by atoms with van der Waals surface area (Å²) in [6.45, 7) is 3.82. The minimum atomic E-state index is -0.125. The molecule has 0 bridgehead atoms. The van der Waals surface area contributed by atoms with Gasteiger partial charge in [-0.1, -0.05) is 30.7 Å². The summed E-state index contributed by atoms with van der Waals surface area (Å²) in [7, 11) is 0. The zero-order valence-electron chi connectivity index (χ0n) is 19.6. The van der Waals surface area contributed by atoms with E-state index < -0.39 is 0 Å². The summed E-state index contributed by atoms with van der Waals surface area (Å²) in [5.74, 6) is 0.902. The van der Waals surface area contributed by atoms with E-state index in [0.717, 1.165) is 47.3 Å². The molecule has 35 heavy (non-hydrogen) atoms. The molecule has 0 radical (unpaired) electrons. The Balaban J connectivity index is 1.43. The Morgan fingerprint density at radius 2 is 1.60 bits per heavy atom. The maximum Gasteiger partial charge on any atom is 0.194 e. The van der Waals surface area contributed by atoms with Gasteiger partial charge >= 0.3 is 0 Å². The highest BCUT2D eigenvalue weighted by Gasteiger charge is 2.19. The first-order valence-electron chi connectivity index (χ1n) is 12.1. The molecule has 0 spiro atoms. The predicted molar refractivity (Wildman–Crippen MR) is 138 cm³/mol. The third-order valence-corrected chi connectivity index (χ3v) is 6.63. The summed E-state index contributed by atoms with van der Waals surface area (Å²) in [5, 5.41) is 21.5. The van der Waals surface area contributed by atoms with Gasteiger partial charge in [-0.15, -0.1) is 0 Å². The normalized spacial score (nSPS) is 14.2. The quantitative estimate of drug-likeness (QED) is 0.326. The summed E-state index contributed by atoms with van der Waals surface area (Å²) in [6.07, 6.45) is 3.84. The zero-order valence-corrected chi connectivity index (χ0v) is 19.6. The number of rotatable bonds is 7. The van der Waals surface area contributed by atoms with Gasteiger partial charge in [-0.25, -0.2) is 0 Å². The Bertz CT molecular complexity index is 1340. The van der Waals surface area contributed by atoms with E-state index in [2.05, 4.69) is 4.90 Å². The van der Waals surface area contributed by atoms with Crippen LogP contribution in [-0.2, 0) is 0 Å². The second-order valence-corrected chi connectivity index (χ2v) is 9.05. The lowest BCUT2D eigenvalue weighted by molar-refractivity contribution is 0.104. The van der Waals surface area contributed by atoms with Gasteiger partial charge in [0.1, 0.15) is 23.9 Å². The molecular weight excluding hydrogens is 438 g/mol. The van der Waals surface area contributed by atoms with E-state index in [0.29, 0.717) is 17.7 Å². The Labute approximate surface area is 205 Å². The molecule has 0 unspecified atom stereocenters. The van der Waals surface area contributed by atoms with Crippen LogP contribution in [0.3, 0.4) is 0 Å². The van der Waals surface area contributed by atoms with Gasteiger partial charge in [0, 0.05) is 17.7 Å². The average Bonchev–Trinajstić information content (AvgIpc) is 2.88. The van der Waals surface area contributed by atoms with Crippen molar-refractivity contribution in [2.45, 2.75) is 19.3 Å². The zero-order chi connectivity index (χ0) is 24.2. The van der Waals surface area contributed by atoms with Gasteiger partial charge in [0.25, 0.3) is 0 Å². The third-order valence-electron chi connectivity index (χ3n) is 6.63. The van der Waals surface area contributed by atoms with Gasteiger partial charge in [0.05, 0.1) is 0 Å². The third kappa shape index (κ3) is 5.15. The van der Waals surface area contributed by atoms with Crippen molar-refractivity contribution in [3.63, 3.8) is 0 Å². The fraction of sp³-hybridized carbons (Fsp3) is 0.233. The molecule has 5 heteroatoms. The lowest BCUT2D eigenvalue weighted by Crippen LogP contribution is -2.33. The van der Waals surface area contributed by atoms with E-state index in [1.807, 2.05) is 30.3 Å². The number of benzene rings is 4. The van der Waals surface area contributed by atoms with Crippen molar-refractivity contribution >= 4 is 16.6 Å². The van der Waals surface area contributed by atoms with Gasteiger partial charge in [-0.3, -0.25) is 9.69 Å². The van der Waals surface area contributed by atoms with Crippen LogP contribution in [0.2, 0.25) is 0 Å². The highest BCUT2D eigenvalue weighted by Crippen LogP contribution is 2.35. The summed E-state index contributed by atoms with van der Waals surface area (Å²) < 4.78 is 5.93. The Morgan fingerprint density at radius 1 is 0.829 bits per heavy atom. The molecule has 0 aliphatic carbocycles. The van der Waals surface area contributed by atoms with Crippen LogP contribution in [0.4, 0.5) is 0 Å². The number of nitrogens with zero attached hydrogens (tertiary/aromatic N) is 1. The number of piperidine rings is 1. The van der Waals surface area contributed by atoms with Crippen molar-refractivity contribution in [3.8, 4) is 28.4 Å². The van der Waals surface area contributed by atoms with E-state index in [1.165, 1.54) is 19.3 Å². The first-order valence-corrected chi connectivity index (χ1v) is 12.1. The van der Waals surface area contributed by atoms with E-state index in [-0.39, 0.29) is 17.3 Å². The highest BCUT2D eigenvalue weighted by molar-refractivity contribution is 6.20. The van der Waals surface area contributed by atoms with Crippen molar-refractivity contribution < 1.29 is 19.7 Å². The lowest BCUT2D eigenvalue weighted by atomic mass is 9.89. The van der Waals surface area contributed by atoms with Crippen molar-refractivity contribution in [2.75, 3.05) is 26.2 Å². The SMILES string of the molecule is O=C(c1ccc(OCCN2CCCCC2)cc1)c1c(-c2cccc(O)c2)ccc2cc(O)ccc12. The second-order valence-electron chi connectivity index (χ2n) is 9.05. The molecule has 4 aromatic carbocycles. The summed E-state index contributed by atoms with van der Waals surface area (Å²) in [4.78, 5) is 16.2. The number of phenolic OH excluding ortho intramolecular Hbond substituents is 2. The molecule has 2 N–H and O–H groups in total. The van der Waals surface area contributed by atoms with Crippen LogP contribution in [0.1, 0.15) is 35.2 Å². The average molecular weight is 468 g/mol. The molecule has 1 saturated heterocycles. The van der Waals surface area contributed by atoms with E-state index in [9.17, 15) is 15.0 Å². The fourth-order valence-corrected chi connectivity index (χ4v) is 4.80. The van der Waals surface area contributed by atoms with Crippen LogP contribution in [0, 0.1) is 0 Å². The first-order chi connectivity index (χ1) is 17.1. The monoisotopic (exact) mass is 467 g/mol. The van der Waals surface area contributed by atoms with Gasteiger partial charge < -0.3 is 14.9 Å². The lowest BCUT2D eigenvalue weighted by Gasteiger charge is -2.26. The van der Waals surface area contributed by atoms with Crippen molar-refractivity contribution in [1.82, 2.24) is 4.90 Å². The number of hydrogen-bond acceptors (Lipinski definition) is 5. The van der Waals surface area contributed by atoms with E-state index in [1.54, 1.807) is 48.5 Å². The van der Waals surface area contributed by atoms with Gasteiger partial charge in [-0.05, 0) is 102 Å². The second kappa shape index (κ2) is 10.2. The number of phenols is 2. The molecule has 0 saturated carbocycles. The first kappa shape index (κ1) is 22.9. The van der Waals surface area contributed by atoms with Crippen molar-refractivity contribution in [3.05, 3.63) is 90.0 Å². The molecule has 1 aliphatic rings. The number of likely N-dealkylation sites (tertiary alicyclic amines) is 1. The summed E-state index contributed by atoms with van der Waals surface area (Å²) >= 11 is 0. The number of fused-ring (bicyclic) bond motifs is 1. The van der Waals surface area contributed by atoms with E-state index >= 15 is 0 Å². The molecule has 1 fully saturated rings. The van der Waals surface area contributed by atoms with Crippen LogP contribution in [0.25, 0.3) is 21.9 Å². The Hall–Kier alpha value is -3.83. The highest BCUT2D eigenvalue weighted by atomic mass is 16.5. The molecule has 1 aliphatic heterocycles. The molecule has 0 atom stereocenters. The number of hydrogen-bond donors (Lipinski definition) is 2. The van der Waals surface area contributed by atoms with E-state index in [4.69, 9.17) is 4.74 Å². The molecule has 0 aromatic heterocycles. The largest absolute Gasteiger partial charge is 0.508 e. The number of carbonyl (C=O) groups is 1. The fourth-order valence-electron chi connectivity index (χ4n) is 4.80. The topological polar surface area (TPSA) is 70.0 Å². The molecule has 5 nitrogen and oxygen atoms in total. The van der Waals surface area contributed by atoms with Crippen LogP contribution in [0.15, 0.2) is 78.9 Å². The number of ketones is 1. The molecule has 5 rings (SSSR count). The summed E-state index contributed by atoms with van der Waals surface area (Å²) in [5.41, 5.74) is 2.56. The van der Waals surface area contributed by atoms with Gasteiger partial charge in [0.15, 0.2) is 5.78 Å². The summed E-state index contributed by atoms with van der Waals surface area (Å²) in [6, 6.07) is 22.9. The van der Waals surface area contributed by atoms with Gasteiger partial charge in [0.2, 0.25) is 0 Å². The molecule has 0 amide bonds. The molecule has 1 heterocycles. The Kier molecular flexibility index (Phi) is 6.68.